The molecule has 5 heteroatoms. The summed E-state index contributed by atoms with van der Waals surface area (Å²) in [5, 5.41) is 8.74. The Morgan fingerprint density at radius 1 is 0.327 bits per heavy atom. The van der Waals surface area contributed by atoms with Gasteiger partial charge in [0, 0.05) is 32.7 Å². The second kappa shape index (κ2) is 11.2. The van der Waals surface area contributed by atoms with Crippen molar-refractivity contribution in [3.63, 3.8) is 0 Å². The molecule has 0 N–H and O–H groups in total. The molecule has 11 aromatic rings. The van der Waals surface area contributed by atoms with Gasteiger partial charge in [-0.15, -0.1) is 0 Å². The van der Waals surface area contributed by atoms with Crippen LogP contribution in [0.1, 0.15) is 0 Å². The van der Waals surface area contributed by atoms with E-state index >= 15 is 0 Å². The first-order valence-electron chi connectivity index (χ1n) is 17.3. The van der Waals surface area contributed by atoms with Crippen molar-refractivity contribution in [3.05, 3.63) is 164 Å². The zero-order chi connectivity index (χ0) is 34.2. The van der Waals surface area contributed by atoms with Crippen LogP contribution in [-0.2, 0) is 0 Å². The van der Waals surface area contributed by atoms with E-state index in [1.165, 1.54) is 10.8 Å². The SMILES string of the molecule is c1ccc2cc(-c3ccc(-c4nc(-c5cc6ccccc6c6c5oc5ccccc56)nc(-c5cccc6oc7ccccc7c56)n4)cc3)ccc2c1. The molecule has 0 aliphatic heterocycles. The second-order valence-electron chi connectivity index (χ2n) is 13.2. The smallest absolute Gasteiger partial charge is 0.167 e. The number of para-hydroxylation sites is 2. The Morgan fingerprint density at radius 3 is 1.71 bits per heavy atom. The number of furan rings is 2. The molecule has 3 heterocycles. The topological polar surface area (TPSA) is 65.0 Å². The second-order valence-corrected chi connectivity index (χ2v) is 13.2. The Morgan fingerprint density at radius 2 is 0.904 bits per heavy atom. The molecule has 52 heavy (non-hydrogen) atoms. The fourth-order valence-corrected chi connectivity index (χ4v) is 7.63. The number of hydrogen-bond acceptors (Lipinski definition) is 5. The number of nitrogens with zero attached hydrogens (tertiary/aromatic N) is 3. The molecule has 0 unspecified atom stereocenters. The summed E-state index contributed by atoms with van der Waals surface area (Å²) in [7, 11) is 0. The van der Waals surface area contributed by atoms with Gasteiger partial charge in [0.25, 0.3) is 0 Å². The average molecular weight is 666 g/mol. The fraction of sp³-hybridized carbons (Fsp3) is 0. The third-order valence-corrected chi connectivity index (χ3v) is 10.1. The van der Waals surface area contributed by atoms with E-state index in [2.05, 4.69) is 121 Å². The molecule has 0 amide bonds. The molecule has 0 radical (unpaired) electrons. The van der Waals surface area contributed by atoms with Gasteiger partial charge in [-0.05, 0) is 63.0 Å². The Labute approximate surface area is 297 Å². The Kier molecular flexibility index (Phi) is 6.18. The number of benzene rings is 8. The van der Waals surface area contributed by atoms with Crippen LogP contribution in [0, 0.1) is 0 Å². The number of fused-ring (bicyclic) bond motifs is 9. The van der Waals surface area contributed by atoms with Crippen molar-refractivity contribution in [2.45, 2.75) is 0 Å². The molecule has 0 aliphatic rings. The van der Waals surface area contributed by atoms with Gasteiger partial charge in [0.1, 0.15) is 22.3 Å². The molecule has 242 valence electrons. The van der Waals surface area contributed by atoms with Gasteiger partial charge in [-0.25, -0.2) is 15.0 Å². The van der Waals surface area contributed by atoms with E-state index in [0.29, 0.717) is 17.5 Å². The minimum Gasteiger partial charge on any atom is -0.456 e. The van der Waals surface area contributed by atoms with E-state index in [4.69, 9.17) is 23.8 Å². The van der Waals surface area contributed by atoms with Gasteiger partial charge in [-0.3, -0.25) is 0 Å². The third-order valence-electron chi connectivity index (χ3n) is 10.1. The van der Waals surface area contributed by atoms with Crippen molar-refractivity contribution < 1.29 is 8.83 Å². The van der Waals surface area contributed by atoms with Crippen LogP contribution in [0.2, 0.25) is 0 Å². The van der Waals surface area contributed by atoms with Crippen LogP contribution in [0.5, 0.6) is 0 Å². The lowest BCUT2D eigenvalue weighted by Gasteiger charge is -2.11. The molecule has 0 fully saturated rings. The highest BCUT2D eigenvalue weighted by Crippen LogP contribution is 2.42. The van der Waals surface area contributed by atoms with Gasteiger partial charge in [-0.2, -0.15) is 0 Å². The number of hydrogen-bond donors (Lipinski definition) is 0. The quantitative estimate of drug-likeness (QED) is 0.187. The molecular formula is C47H27N3O2. The Balaban J connectivity index is 1.16. The number of rotatable bonds is 4. The lowest BCUT2D eigenvalue weighted by atomic mass is 9.99. The Hall–Kier alpha value is -7.11. The normalized spacial score (nSPS) is 11.8. The van der Waals surface area contributed by atoms with E-state index in [1.807, 2.05) is 42.5 Å². The first kappa shape index (κ1) is 28.7. The molecule has 11 rings (SSSR count). The van der Waals surface area contributed by atoms with Gasteiger partial charge in [0.15, 0.2) is 17.5 Å². The monoisotopic (exact) mass is 665 g/mol. The van der Waals surface area contributed by atoms with Crippen LogP contribution in [0.25, 0.3) is 111 Å². The maximum Gasteiger partial charge on any atom is 0.167 e. The van der Waals surface area contributed by atoms with Crippen molar-refractivity contribution in [1.82, 2.24) is 15.0 Å². The summed E-state index contributed by atoms with van der Waals surface area (Å²) in [4.78, 5) is 15.6. The molecule has 8 aromatic carbocycles. The van der Waals surface area contributed by atoms with Crippen LogP contribution >= 0.6 is 0 Å². The van der Waals surface area contributed by atoms with Gasteiger partial charge < -0.3 is 8.83 Å². The van der Waals surface area contributed by atoms with E-state index < -0.39 is 0 Å². The largest absolute Gasteiger partial charge is 0.456 e. The van der Waals surface area contributed by atoms with E-state index in [9.17, 15) is 0 Å². The molecule has 5 nitrogen and oxygen atoms in total. The number of aromatic nitrogens is 3. The van der Waals surface area contributed by atoms with Crippen molar-refractivity contribution in [1.29, 1.82) is 0 Å². The Bertz CT molecular complexity index is 3190. The van der Waals surface area contributed by atoms with Crippen LogP contribution in [0.15, 0.2) is 173 Å². The maximum atomic E-state index is 6.63. The fourth-order valence-electron chi connectivity index (χ4n) is 7.63. The zero-order valence-electron chi connectivity index (χ0n) is 27.7. The van der Waals surface area contributed by atoms with E-state index in [-0.39, 0.29) is 0 Å². The first-order chi connectivity index (χ1) is 25.7. The van der Waals surface area contributed by atoms with E-state index in [1.54, 1.807) is 0 Å². The van der Waals surface area contributed by atoms with Crippen molar-refractivity contribution in [2.75, 3.05) is 0 Å². The lowest BCUT2D eigenvalue weighted by molar-refractivity contribution is 0.668. The summed E-state index contributed by atoms with van der Waals surface area (Å²) in [5.74, 6) is 1.68. The lowest BCUT2D eigenvalue weighted by Crippen LogP contribution is -2.01. The van der Waals surface area contributed by atoms with E-state index in [0.717, 1.165) is 82.5 Å². The summed E-state index contributed by atoms with van der Waals surface area (Å²) >= 11 is 0. The van der Waals surface area contributed by atoms with Gasteiger partial charge >= 0.3 is 0 Å². The molecule has 0 aliphatic carbocycles. The average Bonchev–Trinajstić information content (AvgIpc) is 3.80. The highest BCUT2D eigenvalue weighted by atomic mass is 16.3. The molecule has 0 saturated heterocycles. The van der Waals surface area contributed by atoms with Crippen molar-refractivity contribution >= 4 is 65.4 Å². The van der Waals surface area contributed by atoms with Gasteiger partial charge in [0.05, 0.1) is 5.56 Å². The highest BCUT2D eigenvalue weighted by molar-refractivity contribution is 6.22. The minimum absolute atomic E-state index is 0.540. The summed E-state index contributed by atoms with van der Waals surface area (Å²) in [6.45, 7) is 0. The summed E-state index contributed by atoms with van der Waals surface area (Å²) in [6, 6.07) is 56.4. The van der Waals surface area contributed by atoms with Gasteiger partial charge in [0.2, 0.25) is 0 Å². The van der Waals surface area contributed by atoms with Crippen molar-refractivity contribution in [3.8, 4) is 45.3 Å². The molecule has 0 atom stereocenters. The predicted molar refractivity (Wildman–Crippen MR) is 211 cm³/mol. The molecule has 0 saturated carbocycles. The molecule has 0 spiro atoms. The van der Waals surface area contributed by atoms with Crippen LogP contribution < -0.4 is 0 Å². The maximum absolute atomic E-state index is 6.63. The van der Waals surface area contributed by atoms with Crippen LogP contribution in [0.4, 0.5) is 0 Å². The van der Waals surface area contributed by atoms with Crippen LogP contribution in [0.3, 0.4) is 0 Å². The summed E-state index contributed by atoms with van der Waals surface area (Å²) in [5.41, 5.74) is 8.04. The highest BCUT2D eigenvalue weighted by Gasteiger charge is 2.22. The standard InChI is InChI=1S/C47H27N3O2/c1-2-11-31-26-32(25-22-28(31)10-1)29-20-23-30(24-21-29)45-48-46(37-16-9-19-41-42(37)35-14-5-7-17-39(35)51-41)50-47(49-45)38-27-33-12-3-4-13-34(33)43-36-15-6-8-18-40(36)52-44(38)43/h1-27H. The summed E-state index contributed by atoms with van der Waals surface area (Å²) in [6.07, 6.45) is 0. The zero-order valence-corrected chi connectivity index (χ0v) is 27.7. The van der Waals surface area contributed by atoms with Crippen LogP contribution in [-0.4, -0.2) is 15.0 Å². The molecular weight excluding hydrogens is 639 g/mol. The minimum atomic E-state index is 0.540. The summed E-state index contributed by atoms with van der Waals surface area (Å²) < 4.78 is 12.9. The first-order valence-corrected chi connectivity index (χ1v) is 17.3. The van der Waals surface area contributed by atoms with Gasteiger partial charge in [-0.1, -0.05) is 133 Å². The predicted octanol–water partition coefficient (Wildman–Crippen LogP) is 12.6. The molecule has 3 aromatic heterocycles. The third kappa shape index (κ3) is 4.46. The molecule has 0 bridgehead atoms. The van der Waals surface area contributed by atoms with Crippen molar-refractivity contribution in [2.24, 2.45) is 0 Å².